The number of pyridine rings is 1. The monoisotopic (exact) mass is 348 g/mol. The molecule has 3 rings (SSSR count). The van der Waals surface area contributed by atoms with Crippen molar-refractivity contribution in [3.63, 3.8) is 0 Å². The second-order valence-corrected chi connectivity index (χ2v) is 6.20. The first-order valence-corrected chi connectivity index (χ1v) is 7.79. The molecule has 118 valence electrons. The number of halogens is 2. The van der Waals surface area contributed by atoms with Crippen LogP contribution in [0, 0.1) is 0 Å². The third-order valence-corrected chi connectivity index (χ3v) is 3.89. The standard InChI is InChI=1S/C16H14Cl2N4O/c1-9(2)14-16(22-7-3-4-13(23)15(22)19-14)21-20-12-8-10(17)5-6-11(12)18/h3-9,23H,1-2H3. The van der Waals surface area contributed by atoms with Crippen molar-refractivity contribution in [3.05, 3.63) is 52.3 Å². The summed E-state index contributed by atoms with van der Waals surface area (Å²) >= 11 is 12.1. The highest BCUT2D eigenvalue weighted by molar-refractivity contribution is 6.35. The molecule has 0 unspecified atom stereocenters. The Bertz CT molecular complexity index is 902. The van der Waals surface area contributed by atoms with Crippen molar-refractivity contribution in [2.45, 2.75) is 19.8 Å². The van der Waals surface area contributed by atoms with Gasteiger partial charge in [-0.2, -0.15) is 0 Å². The van der Waals surface area contributed by atoms with Crippen molar-refractivity contribution in [2.75, 3.05) is 0 Å². The molecule has 0 saturated carbocycles. The molecule has 7 heteroatoms. The number of hydrogen-bond acceptors (Lipinski definition) is 4. The summed E-state index contributed by atoms with van der Waals surface area (Å²) in [6, 6.07) is 8.31. The van der Waals surface area contributed by atoms with E-state index >= 15 is 0 Å². The van der Waals surface area contributed by atoms with Crippen LogP contribution in [0.1, 0.15) is 25.5 Å². The van der Waals surface area contributed by atoms with Gasteiger partial charge in [0, 0.05) is 11.2 Å². The Morgan fingerprint density at radius 3 is 2.70 bits per heavy atom. The molecule has 1 N–H and O–H groups in total. The van der Waals surface area contributed by atoms with Crippen LogP contribution in [0.4, 0.5) is 11.5 Å². The number of fused-ring (bicyclic) bond motifs is 1. The van der Waals surface area contributed by atoms with E-state index in [1.54, 1.807) is 40.9 Å². The summed E-state index contributed by atoms with van der Waals surface area (Å²) in [4.78, 5) is 4.46. The van der Waals surface area contributed by atoms with E-state index in [0.717, 1.165) is 5.69 Å². The molecule has 2 heterocycles. The third kappa shape index (κ3) is 3.02. The predicted octanol–water partition coefficient (Wildman–Crippen LogP) is 5.89. The van der Waals surface area contributed by atoms with Crippen LogP contribution in [0.5, 0.6) is 5.75 Å². The lowest BCUT2D eigenvalue weighted by molar-refractivity contribution is 0.477. The van der Waals surface area contributed by atoms with Gasteiger partial charge in [-0.15, -0.1) is 10.2 Å². The van der Waals surface area contributed by atoms with Crippen LogP contribution >= 0.6 is 23.2 Å². The topological polar surface area (TPSA) is 62.2 Å². The number of hydrogen-bond donors (Lipinski definition) is 1. The normalized spacial score (nSPS) is 11.9. The molecule has 3 aromatic rings. The van der Waals surface area contributed by atoms with Crippen LogP contribution in [0.2, 0.25) is 10.0 Å². The lowest BCUT2D eigenvalue weighted by atomic mass is 10.1. The first kappa shape index (κ1) is 15.8. The molecule has 0 fully saturated rings. The Kier molecular flexibility index (Phi) is 4.24. The Balaban J connectivity index is 2.15. The summed E-state index contributed by atoms with van der Waals surface area (Å²) in [7, 11) is 0. The van der Waals surface area contributed by atoms with E-state index in [-0.39, 0.29) is 11.7 Å². The lowest BCUT2D eigenvalue weighted by Gasteiger charge is -2.02. The largest absolute Gasteiger partial charge is 0.504 e. The molecular weight excluding hydrogens is 335 g/mol. The average molecular weight is 349 g/mol. The van der Waals surface area contributed by atoms with Gasteiger partial charge in [-0.1, -0.05) is 37.0 Å². The van der Waals surface area contributed by atoms with E-state index in [4.69, 9.17) is 23.2 Å². The van der Waals surface area contributed by atoms with Gasteiger partial charge in [-0.3, -0.25) is 4.40 Å². The molecule has 0 amide bonds. The van der Waals surface area contributed by atoms with Gasteiger partial charge < -0.3 is 5.11 Å². The van der Waals surface area contributed by atoms with Gasteiger partial charge >= 0.3 is 0 Å². The summed E-state index contributed by atoms with van der Waals surface area (Å²) in [5.41, 5.74) is 1.67. The van der Waals surface area contributed by atoms with Crippen molar-refractivity contribution >= 4 is 40.4 Å². The zero-order chi connectivity index (χ0) is 16.6. The highest BCUT2D eigenvalue weighted by atomic mass is 35.5. The molecular formula is C16H14Cl2N4O. The Morgan fingerprint density at radius 2 is 1.96 bits per heavy atom. The van der Waals surface area contributed by atoms with Crippen molar-refractivity contribution in [1.82, 2.24) is 9.38 Å². The zero-order valence-corrected chi connectivity index (χ0v) is 14.0. The maximum Gasteiger partial charge on any atom is 0.183 e. The summed E-state index contributed by atoms with van der Waals surface area (Å²) < 4.78 is 1.70. The number of azo groups is 1. The number of imidazole rings is 1. The number of aromatic nitrogens is 2. The molecule has 0 atom stereocenters. The Labute approximate surface area is 143 Å². The molecule has 0 aliphatic carbocycles. The van der Waals surface area contributed by atoms with E-state index < -0.39 is 0 Å². The Morgan fingerprint density at radius 1 is 1.17 bits per heavy atom. The minimum atomic E-state index is 0.0941. The fraction of sp³-hybridized carbons (Fsp3) is 0.188. The lowest BCUT2D eigenvalue weighted by Crippen LogP contribution is -1.87. The number of rotatable bonds is 3. The molecule has 0 saturated heterocycles. The minimum absolute atomic E-state index is 0.0941. The SMILES string of the molecule is CC(C)c1nc2c(O)cccn2c1N=Nc1cc(Cl)ccc1Cl. The highest BCUT2D eigenvalue weighted by Gasteiger charge is 2.17. The van der Waals surface area contributed by atoms with E-state index in [1.165, 1.54) is 0 Å². The van der Waals surface area contributed by atoms with E-state index in [1.807, 2.05) is 13.8 Å². The first-order valence-electron chi connectivity index (χ1n) is 7.04. The summed E-state index contributed by atoms with van der Waals surface area (Å²) in [5.74, 6) is 0.775. The maximum absolute atomic E-state index is 9.96. The number of aromatic hydroxyl groups is 1. The molecule has 23 heavy (non-hydrogen) atoms. The van der Waals surface area contributed by atoms with Gasteiger partial charge in [0.05, 0.1) is 10.7 Å². The van der Waals surface area contributed by atoms with E-state index in [9.17, 15) is 5.11 Å². The van der Waals surface area contributed by atoms with Gasteiger partial charge in [0.15, 0.2) is 17.2 Å². The van der Waals surface area contributed by atoms with Gasteiger partial charge in [0.25, 0.3) is 0 Å². The van der Waals surface area contributed by atoms with Crippen LogP contribution in [0.15, 0.2) is 46.8 Å². The molecule has 2 aromatic heterocycles. The molecule has 1 aromatic carbocycles. The molecule has 0 radical (unpaired) electrons. The van der Waals surface area contributed by atoms with Gasteiger partial charge in [-0.25, -0.2) is 4.98 Å². The van der Waals surface area contributed by atoms with E-state index in [2.05, 4.69) is 15.2 Å². The fourth-order valence-corrected chi connectivity index (χ4v) is 2.53. The molecule has 0 aliphatic rings. The maximum atomic E-state index is 9.96. The van der Waals surface area contributed by atoms with Crippen LogP contribution in [0.3, 0.4) is 0 Å². The Hall–Kier alpha value is -2.11. The second kappa shape index (κ2) is 6.18. The molecule has 0 bridgehead atoms. The minimum Gasteiger partial charge on any atom is -0.504 e. The zero-order valence-electron chi connectivity index (χ0n) is 12.5. The average Bonchev–Trinajstić information content (AvgIpc) is 2.89. The van der Waals surface area contributed by atoms with Crippen molar-refractivity contribution in [2.24, 2.45) is 10.2 Å². The predicted molar refractivity (Wildman–Crippen MR) is 91.6 cm³/mol. The van der Waals surface area contributed by atoms with Crippen LogP contribution < -0.4 is 0 Å². The van der Waals surface area contributed by atoms with Crippen LogP contribution in [0.25, 0.3) is 5.65 Å². The number of benzene rings is 1. The summed E-state index contributed by atoms with van der Waals surface area (Å²) in [6.45, 7) is 4.01. The first-order chi connectivity index (χ1) is 11.0. The summed E-state index contributed by atoms with van der Waals surface area (Å²) in [6.07, 6.45) is 1.78. The second-order valence-electron chi connectivity index (χ2n) is 5.36. The quantitative estimate of drug-likeness (QED) is 0.600. The van der Waals surface area contributed by atoms with Crippen molar-refractivity contribution < 1.29 is 5.11 Å². The van der Waals surface area contributed by atoms with Crippen LogP contribution in [-0.2, 0) is 0 Å². The fourth-order valence-electron chi connectivity index (χ4n) is 2.21. The van der Waals surface area contributed by atoms with Crippen molar-refractivity contribution in [3.8, 4) is 5.75 Å². The molecule has 0 aliphatic heterocycles. The smallest absolute Gasteiger partial charge is 0.183 e. The van der Waals surface area contributed by atoms with Crippen molar-refractivity contribution in [1.29, 1.82) is 0 Å². The van der Waals surface area contributed by atoms with Gasteiger partial charge in [0.1, 0.15) is 5.69 Å². The molecule has 0 spiro atoms. The van der Waals surface area contributed by atoms with Gasteiger partial charge in [0.2, 0.25) is 0 Å². The number of nitrogens with zero attached hydrogens (tertiary/aromatic N) is 4. The van der Waals surface area contributed by atoms with E-state index in [0.29, 0.717) is 27.2 Å². The highest BCUT2D eigenvalue weighted by Crippen LogP contribution is 2.34. The molecule has 5 nitrogen and oxygen atoms in total. The summed E-state index contributed by atoms with van der Waals surface area (Å²) in [5, 5.41) is 19.5. The van der Waals surface area contributed by atoms with Gasteiger partial charge in [-0.05, 0) is 36.2 Å². The third-order valence-electron chi connectivity index (χ3n) is 3.34. The van der Waals surface area contributed by atoms with Crippen LogP contribution in [-0.4, -0.2) is 14.5 Å².